The molecule has 0 amide bonds. The highest BCUT2D eigenvalue weighted by atomic mass is 16.5. The van der Waals surface area contributed by atoms with Crippen LogP contribution in [0.2, 0.25) is 0 Å². The molecule has 1 saturated heterocycles. The Morgan fingerprint density at radius 3 is 2.55 bits per heavy atom. The van der Waals surface area contributed by atoms with Crippen LogP contribution in [0.3, 0.4) is 0 Å². The minimum absolute atomic E-state index is 0.0706. The lowest BCUT2D eigenvalue weighted by molar-refractivity contribution is 0.166. The van der Waals surface area contributed by atoms with Crippen LogP contribution in [0, 0.1) is 0 Å². The molecule has 1 unspecified atom stereocenters. The molecule has 0 bridgehead atoms. The van der Waals surface area contributed by atoms with Gasteiger partial charge in [0.25, 0.3) is 0 Å². The van der Waals surface area contributed by atoms with Crippen molar-refractivity contribution in [3.8, 4) is 0 Å². The van der Waals surface area contributed by atoms with E-state index in [1.165, 1.54) is 5.56 Å². The minimum Gasteiger partial charge on any atom is -0.379 e. The third-order valence-electron chi connectivity index (χ3n) is 4.41. The molecule has 4 rings (SSSR count). The predicted octanol–water partition coefficient (Wildman–Crippen LogP) is 1.72. The predicted molar refractivity (Wildman–Crippen MR) is 72.1 cm³/mol. The van der Waals surface area contributed by atoms with Gasteiger partial charge in [0.15, 0.2) is 5.82 Å². The lowest BCUT2D eigenvalue weighted by Crippen LogP contribution is -2.37. The van der Waals surface area contributed by atoms with Gasteiger partial charge in [-0.1, -0.05) is 35.5 Å². The van der Waals surface area contributed by atoms with Crippen LogP contribution in [-0.4, -0.2) is 23.4 Å². The Morgan fingerprint density at radius 2 is 1.90 bits per heavy atom. The Kier molecular flexibility index (Phi) is 2.49. The fourth-order valence-electron chi connectivity index (χ4n) is 2.89. The Labute approximate surface area is 117 Å². The molecule has 1 aromatic carbocycles. The fourth-order valence-corrected chi connectivity index (χ4v) is 2.89. The zero-order valence-corrected chi connectivity index (χ0v) is 11.2. The van der Waals surface area contributed by atoms with Crippen LogP contribution in [-0.2, 0) is 15.7 Å². The normalized spacial score (nSPS) is 27.6. The highest BCUT2D eigenvalue weighted by Crippen LogP contribution is 2.52. The van der Waals surface area contributed by atoms with Crippen LogP contribution in [0.1, 0.15) is 36.5 Å². The van der Waals surface area contributed by atoms with Crippen molar-refractivity contribution in [2.75, 3.05) is 13.2 Å². The number of nitrogens with two attached hydrogens (primary N) is 1. The Hall–Kier alpha value is -1.72. The summed E-state index contributed by atoms with van der Waals surface area (Å²) in [6.45, 7) is 1.10. The summed E-state index contributed by atoms with van der Waals surface area (Å²) in [5.41, 5.74) is 6.84. The zero-order valence-electron chi connectivity index (χ0n) is 11.2. The second-order valence-corrected chi connectivity index (χ2v) is 5.83. The first kappa shape index (κ1) is 12.1. The fraction of sp³-hybridized carbons (Fsp3) is 0.467. The van der Waals surface area contributed by atoms with Crippen molar-refractivity contribution in [3.63, 3.8) is 0 Å². The second-order valence-electron chi connectivity index (χ2n) is 5.83. The maximum Gasteiger partial charge on any atom is 0.249 e. The summed E-state index contributed by atoms with van der Waals surface area (Å²) >= 11 is 0. The van der Waals surface area contributed by atoms with Gasteiger partial charge in [0, 0.05) is 6.61 Å². The largest absolute Gasteiger partial charge is 0.379 e. The summed E-state index contributed by atoms with van der Waals surface area (Å²) in [7, 11) is 0. The number of rotatable bonds is 3. The molecule has 1 aliphatic heterocycles. The number of hydrogen-bond acceptors (Lipinski definition) is 5. The molecular weight excluding hydrogens is 254 g/mol. The molecule has 1 aromatic heterocycles. The average molecular weight is 271 g/mol. The van der Waals surface area contributed by atoms with E-state index in [0.29, 0.717) is 19.1 Å². The van der Waals surface area contributed by atoms with Gasteiger partial charge in [-0.2, -0.15) is 4.98 Å². The standard InChI is InChI=1S/C15H17N3O2/c16-15(8-9-19-10-15)13-17-12(18-20-13)14(6-7-14)11-4-2-1-3-5-11/h1-5H,6-10,16H2. The molecule has 2 heterocycles. The van der Waals surface area contributed by atoms with Crippen molar-refractivity contribution >= 4 is 0 Å². The smallest absolute Gasteiger partial charge is 0.249 e. The molecule has 5 nitrogen and oxygen atoms in total. The minimum atomic E-state index is -0.613. The SMILES string of the molecule is NC1(c2nc(C3(c4ccccc4)CC3)no2)CCOC1. The van der Waals surface area contributed by atoms with E-state index in [9.17, 15) is 0 Å². The van der Waals surface area contributed by atoms with Crippen molar-refractivity contribution < 1.29 is 9.26 Å². The van der Waals surface area contributed by atoms with Crippen LogP contribution < -0.4 is 5.73 Å². The number of benzene rings is 1. The van der Waals surface area contributed by atoms with Gasteiger partial charge in [0.2, 0.25) is 5.89 Å². The monoisotopic (exact) mass is 271 g/mol. The van der Waals surface area contributed by atoms with E-state index in [4.69, 9.17) is 15.0 Å². The van der Waals surface area contributed by atoms with Crippen LogP contribution in [0.15, 0.2) is 34.9 Å². The number of aromatic nitrogens is 2. The first-order chi connectivity index (χ1) is 9.73. The molecule has 2 aromatic rings. The van der Waals surface area contributed by atoms with Gasteiger partial charge >= 0.3 is 0 Å². The van der Waals surface area contributed by atoms with Crippen molar-refractivity contribution in [1.29, 1.82) is 0 Å². The van der Waals surface area contributed by atoms with Gasteiger partial charge in [-0.05, 0) is 24.8 Å². The lowest BCUT2D eigenvalue weighted by Gasteiger charge is -2.15. The molecule has 2 N–H and O–H groups in total. The maximum absolute atomic E-state index is 6.27. The van der Waals surface area contributed by atoms with Crippen LogP contribution >= 0.6 is 0 Å². The molecule has 20 heavy (non-hydrogen) atoms. The molecule has 2 aliphatic rings. The van der Waals surface area contributed by atoms with Gasteiger partial charge < -0.3 is 15.0 Å². The molecular formula is C15H17N3O2. The Morgan fingerprint density at radius 1 is 1.10 bits per heavy atom. The molecule has 1 saturated carbocycles. The Balaban J connectivity index is 1.69. The molecule has 2 fully saturated rings. The molecule has 5 heteroatoms. The van der Waals surface area contributed by atoms with E-state index in [-0.39, 0.29) is 5.41 Å². The van der Waals surface area contributed by atoms with E-state index in [1.807, 2.05) is 18.2 Å². The second kappa shape index (κ2) is 4.14. The summed E-state index contributed by atoms with van der Waals surface area (Å²) in [6, 6.07) is 10.4. The number of hydrogen-bond donors (Lipinski definition) is 1. The molecule has 1 atom stereocenters. The Bertz CT molecular complexity index is 613. The highest BCUT2D eigenvalue weighted by Gasteiger charge is 2.51. The first-order valence-electron chi connectivity index (χ1n) is 7.00. The van der Waals surface area contributed by atoms with E-state index < -0.39 is 5.54 Å². The van der Waals surface area contributed by atoms with E-state index >= 15 is 0 Å². The number of nitrogens with zero attached hydrogens (tertiary/aromatic N) is 2. The zero-order chi connectivity index (χ0) is 13.6. The molecule has 0 radical (unpaired) electrons. The van der Waals surface area contributed by atoms with Gasteiger partial charge in [-0.25, -0.2) is 0 Å². The summed E-state index contributed by atoms with van der Waals surface area (Å²) in [6.07, 6.45) is 2.85. The van der Waals surface area contributed by atoms with Crippen molar-refractivity contribution in [1.82, 2.24) is 10.1 Å². The summed E-state index contributed by atoms with van der Waals surface area (Å²) in [5, 5.41) is 4.19. The van der Waals surface area contributed by atoms with Crippen LogP contribution in [0.5, 0.6) is 0 Å². The van der Waals surface area contributed by atoms with Gasteiger partial charge in [0.05, 0.1) is 12.0 Å². The van der Waals surface area contributed by atoms with Gasteiger partial charge in [-0.15, -0.1) is 0 Å². The molecule has 104 valence electrons. The first-order valence-corrected chi connectivity index (χ1v) is 7.00. The van der Waals surface area contributed by atoms with E-state index in [1.54, 1.807) is 0 Å². The van der Waals surface area contributed by atoms with Gasteiger partial charge in [0.1, 0.15) is 5.54 Å². The average Bonchev–Trinajstić information content (AvgIpc) is 2.92. The third-order valence-corrected chi connectivity index (χ3v) is 4.41. The van der Waals surface area contributed by atoms with Crippen molar-refractivity contribution in [2.45, 2.75) is 30.2 Å². The third kappa shape index (κ3) is 1.70. The van der Waals surface area contributed by atoms with Crippen molar-refractivity contribution in [3.05, 3.63) is 47.6 Å². The molecule has 1 aliphatic carbocycles. The quantitative estimate of drug-likeness (QED) is 0.920. The van der Waals surface area contributed by atoms with Gasteiger partial charge in [-0.3, -0.25) is 0 Å². The summed E-state index contributed by atoms with van der Waals surface area (Å²) in [4.78, 5) is 4.59. The summed E-state index contributed by atoms with van der Waals surface area (Å²) < 4.78 is 10.8. The van der Waals surface area contributed by atoms with Crippen LogP contribution in [0.4, 0.5) is 0 Å². The number of ether oxygens (including phenoxy) is 1. The van der Waals surface area contributed by atoms with E-state index in [2.05, 4.69) is 22.3 Å². The van der Waals surface area contributed by atoms with Crippen LogP contribution in [0.25, 0.3) is 0 Å². The van der Waals surface area contributed by atoms with E-state index in [0.717, 1.165) is 25.1 Å². The maximum atomic E-state index is 6.27. The summed E-state index contributed by atoms with van der Waals surface area (Å²) in [5.74, 6) is 1.27. The highest BCUT2D eigenvalue weighted by molar-refractivity contribution is 5.38. The molecule has 0 spiro atoms. The lowest BCUT2D eigenvalue weighted by atomic mass is 9.95. The van der Waals surface area contributed by atoms with Crippen molar-refractivity contribution in [2.24, 2.45) is 5.73 Å². The topological polar surface area (TPSA) is 74.2 Å².